The fraction of sp³-hybridized carbons (Fsp3) is 0.214. The lowest BCUT2D eigenvalue weighted by Crippen LogP contribution is -1.99. The van der Waals surface area contributed by atoms with E-state index >= 15 is 0 Å². The van der Waals surface area contributed by atoms with Crippen LogP contribution in [-0.2, 0) is 6.54 Å². The molecule has 2 aromatic rings. The summed E-state index contributed by atoms with van der Waals surface area (Å²) in [5.41, 5.74) is 7.50. The second kappa shape index (κ2) is 6.56. The van der Waals surface area contributed by atoms with E-state index in [2.05, 4.69) is 36.8 Å². The van der Waals surface area contributed by atoms with Crippen molar-refractivity contribution in [2.24, 2.45) is 5.73 Å². The summed E-state index contributed by atoms with van der Waals surface area (Å²) in [5.74, 6) is 1.95. The molecule has 0 atom stereocenters. The third-order valence-corrected chi connectivity index (χ3v) is 3.97. The van der Waals surface area contributed by atoms with Gasteiger partial charge in [0.15, 0.2) is 0 Å². The number of halogens is 2. The summed E-state index contributed by atoms with van der Waals surface area (Å²) in [4.78, 5) is 4.29. The number of pyridine rings is 1. The van der Waals surface area contributed by atoms with Gasteiger partial charge in [-0.15, -0.1) is 0 Å². The number of nitrogens with two attached hydrogens (primary N) is 1. The maximum atomic E-state index is 5.84. The largest absolute Gasteiger partial charge is 0.496 e. The molecule has 0 fully saturated rings. The number of hydrogen-bond acceptors (Lipinski definition) is 4. The van der Waals surface area contributed by atoms with Gasteiger partial charge in [-0.05, 0) is 62.5 Å². The summed E-state index contributed by atoms with van der Waals surface area (Å²) in [6.45, 7) is 2.40. The average molecular weight is 402 g/mol. The molecule has 1 aromatic heterocycles. The highest BCUT2D eigenvalue weighted by atomic mass is 79.9. The fourth-order valence-electron chi connectivity index (χ4n) is 1.69. The monoisotopic (exact) mass is 400 g/mol. The highest BCUT2D eigenvalue weighted by Gasteiger charge is 2.11. The predicted molar refractivity (Wildman–Crippen MR) is 85.3 cm³/mol. The number of methoxy groups -OCH3 is 1. The van der Waals surface area contributed by atoms with Gasteiger partial charge >= 0.3 is 0 Å². The summed E-state index contributed by atoms with van der Waals surface area (Å²) >= 11 is 6.89. The normalized spacial score (nSPS) is 10.4. The molecule has 0 saturated carbocycles. The Hall–Kier alpha value is -1.11. The quantitative estimate of drug-likeness (QED) is 0.834. The molecule has 1 aromatic carbocycles. The van der Waals surface area contributed by atoms with Crippen molar-refractivity contribution in [3.63, 3.8) is 0 Å². The average Bonchev–Trinajstić information content (AvgIpc) is 2.44. The van der Waals surface area contributed by atoms with Crippen molar-refractivity contribution in [2.45, 2.75) is 13.5 Å². The van der Waals surface area contributed by atoms with Crippen LogP contribution in [-0.4, -0.2) is 12.1 Å². The Labute approximate surface area is 134 Å². The standard InChI is InChI=1S/C14H14Br2N2O2/c1-8-3-9(6-17)7-18-14(8)20-13-5-10(15)12(19-2)4-11(13)16/h3-5,7H,6,17H2,1-2H3. The Kier molecular flexibility index (Phi) is 5.01. The van der Waals surface area contributed by atoms with Crippen LogP contribution in [0.5, 0.6) is 17.4 Å². The lowest BCUT2D eigenvalue weighted by molar-refractivity contribution is 0.408. The lowest BCUT2D eigenvalue weighted by Gasteiger charge is -2.12. The van der Waals surface area contributed by atoms with Gasteiger partial charge in [0.25, 0.3) is 0 Å². The number of benzene rings is 1. The van der Waals surface area contributed by atoms with Crippen molar-refractivity contribution in [2.75, 3.05) is 7.11 Å². The van der Waals surface area contributed by atoms with Gasteiger partial charge in [-0.25, -0.2) is 4.98 Å². The fourth-order valence-corrected chi connectivity index (χ4v) is 2.58. The summed E-state index contributed by atoms with van der Waals surface area (Å²) in [6.07, 6.45) is 1.72. The molecule has 0 aliphatic carbocycles. The SMILES string of the molecule is COc1cc(Br)c(Oc2ncc(CN)cc2C)cc1Br. The van der Waals surface area contributed by atoms with Gasteiger partial charge in [-0.2, -0.15) is 0 Å². The molecule has 20 heavy (non-hydrogen) atoms. The van der Waals surface area contributed by atoms with Gasteiger partial charge in [0.05, 0.1) is 16.1 Å². The van der Waals surface area contributed by atoms with Gasteiger partial charge in [0.2, 0.25) is 5.88 Å². The summed E-state index contributed by atoms with van der Waals surface area (Å²) in [6, 6.07) is 5.64. The molecule has 2 N–H and O–H groups in total. The van der Waals surface area contributed by atoms with Gasteiger partial charge in [0, 0.05) is 18.3 Å². The molecule has 106 valence electrons. The number of rotatable bonds is 4. The van der Waals surface area contributed by atoms with E-state index in [1.807, 2.05) is 25.1 Å². The van der Waals surface area contributed by atoms with E-state index in [0.717, 1.165) is 25.8 Å². The maximum absolute atomic E-state index is 5.84. The number of aryl methyl sites for hydroxylation is 1. The molecule has 2 rings (SSSR count). The molecular formula is C14H14Br2N2O2. The second-order valence-electron chi connectivity index (χ2n) is 4.19. The van der Waals surface area contributed by atoms with Crippen LogP contribution in [0.2, 0.25) is 0 Å². The first-order valence-electron chi connectivity index (χ1n) is 5.91. The summed E-state index contributed by atoms with van der Waals surface area (Å²) in [7, 11) is 1.62. The molecule has 0 aliphatic rings. The van der Waals surface area contributed by atoms with Crippen LogP contribution in [0.15, 0.2) is 33.3 Å². The summed E-state index contributed by atoms with van der Waals surface area (Å²) < 4.78 is 12.7. The van der Waals surface area contributed by atoms with Crippen LogP contribution in [0.25, 0.3) is 0 Å². The third-order valence-electron chi connectivity index (χ3n) is 2.74. The number of aromatic nitrogens is 1. The first kappa shape index (κ1) is 15.3. The number of ether oxygens (including phenoxy) is 2. The zero-order valence-electron chi connectivity index (χ0n) is 11.1. The first-order chi connectivity index (χ1) is 9.55. The van der Waals surface area contributed by atoms with E-state index in [-0.39, 0.29) is 0 Å². The predicted octanol–water partition coefficient (Wildman–Crippen LogP) is 4.17. The van der Waals surface area contributed by atoms with Crippen molar-refractivity contribution in [1.82, 2.24) is 4.98 Å². The van der Waals surface area contributed by atoms with Gasteiger partial charge in [-0.3, -0.25) is 0 Å². The minimum absolute atomic E-state index is 0.464. The van der Waals surface area contributed by atoms with Crippen LogP contribution in [0.4, 0.5) is 0 Å². The van der Waals surface area contributed by atoms with E-state index in [9.17, 15) is 0 Å². The Morgan fingerprint density at radius 1 is 1.15 bits per heavy atom. The van der Waals surface area contributed by atoms with Crippen molar-refractivity contribution in [3.05, 3.63) is 44.5 Å². The molecule has 1 heterocycles. The molecule has 0 spiro atoms. The molecule has 6 heteroatoms. The van der Waals surface area contributed by atoms with E-state index < -0.39 is 0 Å². The van der Waals surface area contributed by atoms with Crippen LogP contribution >= 0.6 is 31.9 Å². The summed E-state index contributed by atoms with van der Waals surface area (Å²) in [5, 5.41) is 0. The van der Waals surface area contributed by atoms with Crippen LogP contribution in [0.1, 0.15) is 11.1 Å². The van der Waals surface area contributed by atoms with Crippen LogP contribution in [0.3, 0.4) is 0 Å². The zero-order chi connectivity index (χ0) is 14.7. The molecule has 0 saturated heterocycles. The molecule has 0 unspecified atom stereocenters. The number of hydrogen-bond donors (Lipinski definition) is 1. The molecule has 0 amide bonds. The minimum Gasteiger partial charge on any atom is -0.496 e. The van der Waals surface area contributed by atoms with Crippen molar-refractivity contribution < 1.29 is 9.47 Å². The molecule has 4 nitrogen and oxygen atoms in total. The van der Waals surface area contributed by atoms with Crippen molar-refractivity contribution in [1.29, 1.82) is 0 Å². The highest BCUT2D eigenvalue weighted by Crippen LogP contribution is 2.38. The Bertz CT molecular complexity index is 633. The number of nitrogens with zero attached hydrogens (tertiary/aromatic N) is 1. The molecule has 0 bridgehead atoms. The second-order valence-corrected chi connectivity index (χ2v) is 5.90. The lowest BCUT2D eigenvalue weighted by atomic mass is 10.2. The Morgan fingerprint density at radius 3 is 2.40 bits per heavy atom. The molecular weight excluding hydrogens is 388 g/mol. The molecule has 0 radical (unpaired) electrons. The van der Waals surface area contributed by atoms with Crippen LogP contribution < -0.4 is 15.2 Å². The van der Waals surface area contributed by atoms with E-state index in [4.69, 9.17) is 15.2 Å². The van der Waals surface area contributed by atoms with Crippen molar-refractivity contribution in [3.8, 4) is 17.4 Å². The minimum atomic E-state index is 0.464. The maximum Gasteiger partial charge on any atom is 0.222 e. The van der Waals surface area contributed by atoms with Crippen LogP contribution in [0, 0.1) is 6.92 Å². The Morgan fingerprint density at radius 2 is 1.80 bits per heavy atom. The zero-order valence-corrected chi connectivity index (χ0v) is 14.3. The highest BCUT2D eigenvalue weighted by molar-refractivity contribution is 9.11. The van der Waals surface area contributed by atoms with Crippen molar-refractivity contribution >= 4 is 31.9 Å². The van der Waals surface area contributed by atoms with E-state index in [1.165, 1.54) is 0 Å². The third kappa shape index (κ3) is 3.31. The van der Waals surface area contributed by atoms with Gasteiger partial charge in [-0.1, -0.05) is 0 Å². The van der Waals surface area contributed by atoms with Gasteiger partial charge < -0.3 is 15.2 Å². The first-order valence-corrected chi connectivity index (χ1v) is 7.50. The van der Waals surface area contributed by atoms with E-state index in [1.54, 1.807) is 13.3 Å². The topological polar surface area (TPSA) is 57.4 Å². The van der Waals surface area contributed by atoms with Gasteiger partial charge in [0.1, 0.15) is 11.5 Å². The van der Waals surface area contributed by atoms with E-state index in [0.29, 0.717) is 18.2 Å². The Balaban J connectivity index is 2.32. The smallest absolute Gasteiger partial charge is 0.222 e. The molecule has 0 aliphatic heterocycles.